The fourth-order valence-corrected chi connectivity index (χ4v) is 1.93. The summed E-state index contributed by atoms with van der Waals surface area (Å²) in [5, 5.41) is 3.50. The molecule has 0 spiro atoms. The highest BCUT2D eigenvalue weighted by Crippen LogP contribution is 2.32. The molecule has 0 fully saturated rings. The summed E-state index contributed by atoms with van der Waals surface area (Å²) in [6.45, 7) is 2.36. The predicted molar refractivity (Wildman–Crippen MR) is 68.5 cm³/mol. The van der Waals surface area contributed by atoms with Crippen LogP contribution in [-0.2, 0) is 11.2 Å². The summed E-state index contributed by atoms with van der Waals surface area (Å²) in [7, 11) is 1.56. The van der Waals surface area contributed by atoms with Crippen LogP contribution in [0.4, 0.5) is 0 Å². The molecule has 1 aliphatic heterocycles. The van der Waals surface area contributed by atoms with Crippen molar-refractivity contribution in [3.63, 3.8) is 0 Å². The van der Waals surface area contributed by atoms with Crippen LogP contribution in [-0.4, -0.2) is 25.1 Å². The summed E-state index contributed by atoms with van der Waals surface area (Å²) in [5.41, 5.74) is 1.17. The number of methoxy groups -OCH3 is 1. The highest BCUT2D eigenvalue weighted by atomic mass is 32.1. The maximum atomic E-state index is 5.33. The van der Waals surface area contributed by atoms with Gasteiger partial charge in [-0.25, -0.2) is 0 Å². The first-order chi connectivity index (χ1) is 8.19. The number of ether oxygens (including phenoxy) is 3. The summed E-state index contributed by atoms with van der Waals surface area (Å²) in [6, 6.07) is 6.17. The maximum Gasteiger partial charge on any atom is 0.256 e. The van der Waals surface area contributed by atoms with Crippen molar-refractivity contribution in [2.45, 2.75) is 19.4 Å². The fraction of sp³-hybridized carbons (Fsp3) is 0.417. The molecule has 4 nitrogen and oxygen atoms in total. The number of benzene rings is 1. The average Bonchev–Trinajstić information content (AvgIpc) is 2.75. The van der Waals surface area contributed by atoms with E-state index in [1.54, 1.807) is 7.11 Å². The largest absolute Gasteiger partial charge is 0.474 e. The van der Waals surface area contributed by atoms with Gasteiger partial charge in [0.1, 0.15) is 0 Å². The lowest BCUT2D eigenvalue weighted by atomic mass is 10.1. The zero-order valence-corrected chi connectivity index (χ0v) is 10.7. The summed E-state index contributed by atoms with van der Waals surface area (Å²) in [5.74, 6) is 1.62. The summed E-state index contributed by atoms with van der Waals surface area (Å²) >= 11 is 4.95. The monoisotopic (exact) mass is 253 g/mol. The van der Waals surface area contributed by atoms with Crippen LogP contribution in [0.1, 0.15) is 12.5 Å². The minimum Gasteiger partial charge on any atom is -0.474 e. The van der Waals surface area contributed by atoms with E-state index in [9.17, 15) is 0 Å². The number of thiocarbonyl (C=S) groups is 1. The topological polar surface area (TPSA) is 39.7 Å². The van der Waals surface area contributed by atoms with Gasteiger partial charge in [-0.15, -0.1) is 0 Å². The van der Waals surface area contributed by atoms with Crippen molar-refractivity contribution in [3.8, 4) is 11.5 Å². The lowest BCUT2D eigenvalue weighted by molar-refractivity contribution is 0.174. The SMILES string of the molecule is COC(=S)NC(C)Cc1ccc2c(c1)OCO2. The first-order valence-electron chi connectivity index (χ1n) is 5.42. The molecule has 1 unspecified atom stereocenters. The Morgan fingerprint density at radius 2 is 2.24 bits per heavy atom. The predicted octanol–water partition coefficient (Wildman–Crippen LogP) is 1.87. The summed E-state index contributed by atoms with van der Waals surface area (Å²) in [6.07, 6.45) is 0.847. The third kappa shape index (κ3) is 3.00. The van der Waals surface area contributed by atoms with Crippen LogP contribution in [0.15, 0.2) is 18.2 Å². The fourth-order valence-electron chi connectivity index (χ4n) is 1.73. The van der Waals surface area contributed by atoms with Gasteiger partial charge in [-0.2, -0.15) is 0 Å². The van der Waals surface area contributed by atoms with Crippen LogP contribution in [0.25, 0.3) is 0 Å². The molecule has 1 aromatic rings. The Kier molecular flexibility index (Phi) is 3.68. The Morgan fingerprint density at radius 1 is 1.47 bits per heavy atom. The van der Waals surface area contributed by atoms with E-state index >= 15 is 0 Å². The van der Waals surface area contributed by atoms with E-state index in [4.69, 9.17) is 26.4 Å². The Morgan fingerprint density at radius 3 is 3.00 bits per heavy atom. The third-order valence-corrected chi connectivity index (χ3v) is 2.81. The lowest BCUT2D eigenvalue weighted by Gasteiger charge is -2.14. The molecular formula is C12H15NO3S. The van der Waals surface area contributed by atoms with Crippen molar-refractivity contribution >= 4 is 17.4 Å². The van der Waals surface area contributed by atoms with Crippen LogP contribution in [0.2, 0.25) is 0 Å². The van der Waals surface area contributed by atoms with Gasteiger partial charge in [-0.3, -0.25) is 0 Å². The third-order valence-electron chi connectivity index (χ3n) is 2.53. The second-order valence-electron chi connectivity index (χ2n) is 3.93. The molecule has 2 rings (SSSR count). The Balaban J connectivity index is 1.97. The number of hydrogen-bond acceptors (Lipinski definition) is 4. The molecule has 0 saturated heterocycles. The Labute approximate surface area is 106 Å². The van der Waals surface area contributed by atoms with Crippen molar-refractivity contribution in [3.05, 3.63) is 23.8 Å². The molecule has 1 atom stereocenters. The van der Waals surface area contributed by atoms with E-state index in [1.165, 1.54) is 5.56 Å². The van der Waals surface area contributed by atoms with Crippen molar-refractivity contribution in [2.75, 3.05) is 13.9 Å². The molecule has 1 heterocycles. The highest BCUT2D eigenvalue weighted by Gasteiger charge is 2.14. The second kappa shape index (κ2) is 5.23. The number of hydrogen-bond donors (Lipinski definition) is 1. The molecule has 1 aliphatic rings. The smallest absolute Gasteiger partial charge is 0.256 e. The van der Waals surface area contributed by atoms with Gasteiger partial charge in [0.25, 0.3) is 5.17 Å². The number of fused-ring (bicyclic) bond motifs is 1. The first kappa shape index (κ1) is 12.0. The van der Waals surface area contributed by atoms with Gasteiger partial charge in [-0.1, -0.05) is 6.07 Å². The zero-order valence-electron chi connectivity index (χ0n) is 9.86. The van der Waals surface area contributed by atoms with Crippen LogP contribution >= 0.6 is 12.2 Å². The van der Waals surface area contributed by atoms with Gasteiger partial charge in [0, 0.05) is 6.04 Å². The molecule has 0 aliphatic carbocycles. The molecule has 0 amide bonds. The van der Waals surface area contributed by atoms with E-state index in [0.717, 1.165) is 17.9 Å². The summed E-state index contributed by atoms with van der Waals surface area (Å²) in [4.78, 5) is 0. The van der Waals surface area contributed by atoms with Gasteiger partial charge in [0.15, 0.2) is 11.5 Å². The van der Waals surface area contributed by atoms with Gasteiger partial charge in [-0.05, 0) is 43.3 Å². The normalized spacial score (nSPS) is 14.2. The molecule has 17 heavy (non-hydrogen) atoms. The summed E-state index contributed by atoms with van der Waals surface area (Å²) < 4.78 is 15.5. The highest BCUT2D eigenvalue weighted by molar-refractivity contribution is 7.80. The molecule has 5 heteroatoms. The van der Waals surface area contributed by atoms with Crippen LogP contribution in [0.5, 0.6) is 11.5 Å². The van der Waals surface area contributed by atoms with Gasteiger partial charge < -0.3 is 19.5 Å². The maximum absolute atomic E-state index is 5.33. The molecule has 0 bridgehead atoms. The number of nitrogens with one attached hydrogen (secondary N) is 1. The average molecular weight is 253 g/mol. The molecule has 1 aromatic carbocycles. The minimum atomic E-state index is 0.211. The van der Waals surface area contributed by atoms with Crippen molar-refractivity contribution in [1.29, 1.82) is 0 Å². The van der Waals surface area contributed by atoms with Crippen molar-refractivity contribution in [2.24, 2.45) is 0 Å². The van der Waals surface area contributed by atoms with Crippen molar-refractivity contribution < 1.29 is 14.2 Å². The molecule has 0 aromatic heterocycles. The quantitative estimate of drug-likeness (QED) is 0.833. The van der Waals surface area contributed by atoms with Crippen LogP contribution < -0.4 is 14.8 Å². The van der Waals surface area contributed by atoms with Crippen molar-refractivity contribution in [1.82, 2.24) is 5.32 Å². The van der Waals surface area contributed by atoms with E-state index in [-0.39, 0.29) is 6.04 Å². The Bertz CT molecular complexity index is 422. The van der Waals surface area contributed by atoms with E-state index < -0.39 is 0 Å². The molecule has 0 radical (unpaired) electrons. The van der Waals surface area contributed by atoms with Crippen LogP contribution in [0, 0.1) is 0 Å². The zero-order chi connectivity index (χ0) is 12.3. The van der Waals surface area contributed by atoms with Crippen LogP contribution in [0.3, 0.4) is 0 Å². The van der Waals surface area contributed by atoms with E-state index in [1.807, 2.05) is 18.2 Å². The second-order valence-corrected chi connectivity index (χ2v) is 4.30. The van der Waals surface area contributed by atoms with E-state index in [0.29, 0.717) is 12.0 Å². The molecule has 92 valence electrons. The number of rotatable bonds is 3. The molecule has 1 N–H and O–H groups in total. The lowest BCUT2D eigenvalue weighted by Crippen LogP contribution is -2.33. The Hall–Kier alpha value is -1.49. The van der Waals surface area contributed by atoms with Gasteiger partial charge in [0.2, 0.25) is 6.79 Å². The van der Waals surface area contributed by atoms with Gasteiger partial charge in [0.05, 0.1) is 7.11 Å². The van der Waals surface area contributed by atoms with Gasteiger partial charge >= 0.3 is 0 Å². The molecule has 0 saturated carbocycles. The standard InChI is InChI=1S/C12H15NO3S/c1-8(13-12(17)14-2)5-9-3-4-10-11(6-9)16-7-15-10/h3-4,6,8H,5,7H2,1-2H3,(H,13,17). The molecular weight excluding hydrogens is 238 g/mol. The van der Waals surface area contributed by atoms with E-state index in [2.05, 4.69) is 12.2 Å². The minimum absolute atomic E-state index is 0.211. The first-order valence-corrected chi connectivity index (χ1v) is 5.83.